The van der Waals surface area contributed by atoms with Crippen LogP contribution in [0, 0.1) is 18.3 Å². The second kappa shape index (κ2) is 9.06. The average molecular weight is 455 g/mol. The summed E-state index contributed by atoms with van der Waals surface area (Å²) in [4.78, 5) is 8.79. The van der Waals surface area contributed by atoms with Crippen LogP contribution in [0.3, 0.4) is 0 Å². The lowest BCUT2D eigenvalue weighted by Gasteiger charge is -2.42. The first-order valence-electron chi connectivity index (χ1n) is 12.3. The van der Waals surface area contributed by atoms with E-state index in [0.29, 0.717) is 5.56 Å². The Kier molecular flexibility index (Phi) is 6.46. The van der Waals surface area contributed by atoms with Gasteiger partial charge in [-0.25, -0.2) is 0 Å². The Labute approximate surface area is 204 Å². The number of piperazine rings is 1. The van der Waals surface area contributed by atoms with E-state index in [9.17, 15) is 5.26 Å². The molecule has 0 unspecified atom stereocenters. The van der Waals surface area contributed by atoms with Gasteiger partial charge in [0.1, 0.15) is 0 Å². The van der Waals surface area contributed by atoms with Gasteiger partial charge in [-0.15, -0.1) is 0 Å². The topological polar surface area (TPSA) is 46.1 Å². The SMILES string of the molecule is C=Cc1ccc(CN2CCN(C(C)(C)C)CC2)cc1C(C)(C)c1[nH]c2cc(C#N)ccc2c1C. The molecule has 0 radical (unpaired) electrons. The molecule has 4 nitrogen and oxygen atoms in total. The Morgan fingerprint density at radius 3 is 2.35 bits per heavy atom. The predicted molar refractivity (Wildman–Crippen MR) is 143 cm³/mol. The third kappa shape index (κ3) is 4.56. The van der Waals surface area contributed by atoms with Gasteiger partial charge in [0.05, 0.1) is 11.6 Å². The van der Waals surface area contributed by atoms with Crippen molar-refractivity contribution in [1.82, 2.24) is 14.8 Å². The van der Waals surface area contributed by atoms with Gasteiger partial charge in [0.2, 0.25) is 0 Å². The fourth-order valence-corrected chi connectivity index (χ4v) is 5.42. The summed E-state index contributed by atoms with van der Waals surface area (Å²) in [6.07, 6.45) is 1.97. The lowest BCUT2D eigenvalue weighted by molar-refractivity contribution is 0.0591. The highest BCUT2D eigenvalue weighted by molar-refractivity contribution is 5.86. The number of aromatic amines is 1. The lowest BCUT2D eigenvalue weighted by atomic mass is 9.77. The molecule has 0 saturated carbocycles. The molecule has 2 heterocycles. The van der Waals surface area contributed by atoms with Crippen molar-refractivity contribution in [3.05, 3.63) is 76.5 Å². The zero-order valence-electron chi connectivity index (χ0n) is 21.6. The quantitative estimate of drug-likeness (QED) is 0.497. The van der Waals surface area contributed by atoms with E-state index in [0.717, 1.165) is 38.2 Å². The number of hydrogen-bond acceptors (Lipinski definition) is 3. The lowest BCUT2D eigenvalue weighted by Crippen LogP contribution is -2.53. The smallest absolute Gasteiger partial charge is 0.0992 e. The highest BCUT2D eigenvalue weighted by atomic mass is 15.3. The van der Waals surface area contributed by atoms with Gasteiger partial charge in [-0.05, 0) is 62.1 Å². The first-order chi connectivity index (χ1) is 16.0. The number of nitrogens with one attached hydrogen (secondary N) is 1. The molecule has 0 spiro atoms. The predicted octanol–water partition coefficient (Wildman–Crippen LogP) is 6.23. The molecule has 1 N–H and O–H groups in total. The van der Waals surface area contributed by atoms with Crippen molar-refractivity contribution < 1.29 is 0 Å². The summed E-state index contributed by atoms with van der Waals surface area (Å²) in [5.74, 6) is 0. The summed E-state index contributed by atoms with van der Waals surface area (Å²) in [6.45, 7) is 23.1. The maximum Gasteiger partial charge on any atom is 0.0992 e. The van der Waals surface area contributed by atoms with E-state index in [1.54, 1.807) is 0 Å². The number of rotatable bonds is 5. The summed E-state index contributed by atoms with van der Waals surface area (Å²) in [5, 5.41) is 10.5. The van der Waals surface area contributed by atoms with Crippen LogP contribution >= 0.6 is 0 Å². The van der Waals surface area contributed by atoms with Crippen molar-refractivity contribution >= 4 is 17.0 Å². The molecule has 2 aromatic carbocycles. The second-order valence-electron chi connectivity index (χ2n) is 11.2. The largest absolute Gasteiger partial charge is 0.357 e. The van der Waals surface area contributed by atoms with E-state index in [-0.39, 0.29) is 11.0 Å². The van der Waals surface area contributed by atoms with Crippen LogP contribution in [-0.2, 0) is 12.0 Å². The summed E-state index contributed by atoms with van der Waals surface area (Å²) in [5.41, 5.74) is 7.93. The van der Waals surface area contributed by atoms with Gasteiger partial charge in [0.15, 0.2) is 0 Å². The van der Waals surface area contributed by atoms with Gasteiger partial charge in [-0.2, -0.15) is 5.26 Å². The van der Waals surface area contributed by atoms with Gasteiger partial charge in [0, 0.05) is 60.3 Å². The molecule has 4 rings (SSSR count). The number of fused-ring (bicyclic) bond motifs is 1. The van der Waals surface area contributed by atoms with Crippen LogP contribution < -0.4 is 0 Å². The van der Waals surface area contributed by atoms with Crippen molar-refractivity contribution in [1.29, 1.82) is 5.26 Å². The van der Waals surface area contributed by atoms with Crippen molar-refractivity contribution in [3.8, 4) is 6.07 Å². The molecule has 178 valence electrons. The first-order valence-corrected chi connectivity index (χ1v) is 12.3. The molecule has 34 heavy (non-hydrogen) atoms. The van der Waals surface area contributed by atoms with Crippen molar-refractivity contribution in [3.63, 3.8) is 0 Å². The minimum atomic E-state index is -0.236. The molecular formula is C30H38N4. The Morgan fingerprint density at radius 1 is 1.03 bits per heavy atom. The number of aryl methyl sites for hydroxylation is 1. The van der Waals surface area contributed by atoms with E-state index in [1.807, 2.05) is 18.2 Å². The molecule has 4 heteroatoms. The summed E-state index contributed by atoms with van der Waals surface area (Å²) >= 11 is 0. The van der Waals surface area contributed by atoms with Gasteiger partial charge >= 0.3 is 0 Å². The number of hydrogen-bond donors (Lipinski definition) is 1. The number of nitrogens with zero attached hydrogens (tertiary/aromatic N) is 3. The maximum atomic E-state index is 9.32. The molecule has 1 aliphatic heterocycles. The van der Waals surface area contributed by atoms with Gasteiger partial charge in [-0.3, -0.25) is 9.80 Å². The van der Waals surface area contributed by atoms with Crippen LogP contribution in [0.15, 0.2) is 43.0 Å². The minimum absolute atomic E-state index is 0.236. The van der Waals surface area contributed by atoms with Crippen LogP contribution in [0.2, 0.25) is 0 Å². The van der Waals surface area contributed by atoms with Gasteiger partial charge < -0.3 is 4.98 Å². The fraction of sp³-hybridized carbons (Fsp3) is 0.433. The highest BCUT2D eigenvalue weighted by Crippen LogP contribution is 2.39. The highest BCUT2D eigenvalue weighted by Gasteiger charge is 2.30. The molecular weight excluding hydrogens is 416 g/mol. The molecule has 0 amide bonds. The van der Waals surface area contributed by atoms with Crippen LogP contribution in [0.5, 0.6) is 0 Å². The van der Waals surface area contributed by atoms with E-state index in [2.05, 4.69) is 93.2 Å². The van der Waals surface area contributed by atoms with E-state index in [1.165, 1.54) is 33.3 Å². The molecule has 0 bridgehead atoms. The number of H-pyrrole nitrogens is 1. The summed E-state index contributed by atoms with van der Waals surface area (Å²) in [7, 11) is 0. The first kappa shape index (κ1) is 24.3. The van der Waals surface area contributed by atoms with Gasteiger partial charge in [0.25, 0.3) is 0 Å². The van der Waals surface area contributed by atoms with Gasteiger partial charge in [-0.1, -0.05) is 50.8 Å². The van der Waals surface area contributed by atoms with E-state index in [4.69, 9.17) is 0 Å². The van der Waals surface area contributed by atoms with Crippen LogP contribution in [0.1, 0.15) is 68.1 Å². The molecule has 3 aromatic rings. The fourth-order valence-electron chi connectivity index (χ4n) is 5.42. The molecule has 1 aliphatic rings. The molecule has 1 aromatic heterocycles. The Hall–Kier alpha value is -2.87. The van der Waals surface area contributed by atoms with Crippen LogP contribution in [0.25, 0.3) is 17.0 Å². The number of benzene rings is 2. The van der Waals surface area contributed by atoms with Crippen LogP contribution in [0.4, 0.5) is 0 Å². The van der Waals surface area contributed by atoms with Crippen molar-refractivity contribution in [2.45, 2.75) is 59.0 Å². The zero-order chi connectivity index (χ0) is 24.7. The second-order valence-corrected chi connectivity index (χ2v) is 11.2. The number of aromatic nitrogens is 1. The number of nitriles is 1. The molecule has 1 fully saturated rings. The van der Waals surface area contributed by atoms with E-state index < -0.39 is 0 Å². The Balaban J connectivity index is 1.64. The minimum Gasteiger partial charge on any atom is -0.357 e. The maximum absolute atomic E-state index is 9.32. The Morgan fingerprint density at radius 2 is 1.74 bits per heavy atom. The molecule has 1 saturated heterocycles. The Bertz CT molecular complexity index is 1240. The summed E-state index contributed by atoms with van der Waals surface area (Å²) < 4.78 is 0. The van der Waals surface area contributed by atoms with E-state index >= 15 is 0 Å². The third-order valence-corrected chi connectivity index (χ3v) is 7.55. The monoisotopic (exact) mass is 454 g/mol. The molecule has 0 aliphatic carbocycles. The zero-order valence-corrected chi connectivity index (χ0v) is 21.6. The normalized spacial score (nSPS) is 16.0. The van der Waals surface area contributed by atoms with Crippen molar-refractivity contribution in [2.75, 3.05) is 26.2 Å². The third-order valence-electron chi connectivity index (χ3n) is 7.55. The average Bonchev–Trinajstić information content (AvgIpc) is 3.15. The molecule has 0 atom stereocenters. The van der Waals surface area contributed by atoms with Crippen LogP contribution in [-0.4, -0.2) is 46.5 Å². The summed E-state index contributed by atoms with van der Waals surface area (Å²) in [6, 6.07) is 15.0. The standard InChI is InChI=1S/C30H38N4/c1-8-24-11-9-23(20-33-13-15-34(16-14-33)29(3,4)5)17-26(24)30(6,7)28-21(2)25-12-10-22(19-31)18-27(25)32-28/h8-12,17-18,32H,1,13-16,20H2,2-7H3. The van der Waals surface area contributed by atoms with Crippen molar-refractivity contribution in [2.24, 2.45) is 0 Å².